The molecule has 5 nitrogen and oxygen atoms in total. The molecule has 0 saturated carbocycles. The quantitative estimate of drug-likeness (QED) is 0.842. The minimum absolute atomic E-state index is 0.295. The molecule has 106 valence electrons. The first kappa shape index (κ1) is 12.3. The molecule has 0 spiro atoms. The Morgan fingerprint density at radius 1 is 1.30 bits per heavy atom. The predicted octanol–water partition coefficient (Wildman–Crippen LogP) is 1.01. The molecule has 2 atom stereocenters. The summed E-state index contributed by atoms with van der Waals surface area (Å²) < 4.78 is 7.59. The number of likely N-dealkylation sites (N-methyl/N-ethyl adjacent to an activating group) is 1. The lowest BCUT2D eigenvalue weighted by Crippen LogP contribution is -2.59. The predicted molar refractivity (Wildman–Crippen MR) is 74.5 cm³/mol. The van der Waals surface area contributed by atoms with Gasteiger partial charge in [-0.05, 0) is 37.6 Å². The van der Waals surface area contributed by atoms with Gasteiger partial charge in [0.05, 0.1) is 18.8 Å². The van der Waals surface area contributed by atoms with Crippen LogP contribution in [0.4, 0.5) is 0 Å². The van der Waals surface area contributed by atoms with E-state index in [2.05, 4.69) is 16.9 Å². The molecule has 2 fully saturated rings. The normalized spacial score (nSPS) is 34.5. The van der Waals surface area contributed by atoms with Gasteiger partial charge in [-0.2, -0.15) is 0 Å². The summed E-state index contributed by atoms with van der Waals surface area (Å²) >= 11 is 0. The number of fused-ring (bicyclic) bond motifs is 3. The number of ether oxygens (including phenoxy) is 1. The zero-order valence-electron chi connectivity index (χ0n) is 11.6. The van der Waals surface area contributed by atoms with E-state index < -0.39 is 5.60 Å². The van der Waals surface area contributed by atoms with Crippen LogP contribution in [0.1, 0.15) is 18.4 Å². The second kappa shape index (κ2) is 4.28. The van der Waals surface area contributed by atoms with Crippen molar-refractivity contribution in [3.8, 4) is 0 Å². The summed E-state index contributed by atoms with van der Waals surface area (Å²) in [7, 11) is 2.13. The van der Waals surface area contributed by atoms with Crippen LogP contribution in [0, 0.1) is 0 Å². The topological polar surface area (TPSA) is 50.0 Å². The van der Waals surface area contributed by atoms with Crippen LogP contribution in [0.3, 0.4) is 0 Å². The molecular formula is C15H19N3O2. The summed E-state index contributed by atoms with van der Waals surface area (Å²) in [5, 5.41) is 11.1. The van der Waals surface area contributed by atoms with Crippen LogP contribution in [0.25, 0.3) is 5.65 Å². The Kier molecular flexibility index (Phi) is 2.64. The number of hydrogen-bond donors (Lipinski definition) is 1. The first-order valence-corrected chi connectivity index (χ1v) is 7.11. The summed E-state index contributed by atoms with van der Waals surface area (Å²) in [4.78, 5) is 6.66. The van der Waals surface area contributed by atoms with E-state index in [4.69, 9.17) is 4.74 Å². The highest BCUT2D eigenvalue weighted by atomic mass is 16.5. The summed E-state index contributed by atoms with van der Waals surface area (Å²) in [5.41, 5.74) is 1.09. The molecule has 2 unspecified atom stereocenters. The minimum Gasteiger partial charge on any atom is -0.385 e. The van der Waals surface area contributed by atoms with Crippen LogP contribution in [-0.2, 0) is 10.3 Å². The van der Waals surface area contributed by atoms with Gasteiger partial charge in [0.1, 0.15) is 5.65 Å². The van der Waals surface area contributed by atoms with E-state index >= 15 is 0 Å². The summed E-state index contributed by atoms with van der Waals surface area (Å²) in [5.74, 6) is 0. The first-order valence-electron chi connectivity index (χ1n) is 7.11. The molecule has 4 rings (SSSR count). The Balaban J connectivity index is 1.72. The Morgan fingerprint density at radius 3 is 2.80 bits per heavy atom. The molecule has 5 heteroatoms. The van der Waals surface area contributed by atoms with Gasteiger partial charge < -0.3 is 14.2 Å². The number of aromatic nitrogens is 2. The van der Waals surface area contributed by atoms with Crippen molar-refractivity contribution < 1.29 is 9.84 Å². The standard InChI is InChI=1S/C15H19N3O2/c1-17-12-7-15(19,8-13(17)10-20-9-12)11-2-4-18-5-3-16-14(18)6-11/h2-6,12-13,19H,7-10H2,1H3. The number of rotatable bonds is 1. The fourth-order valence-electron chi connectivity index (χ4n) is 3.58. The van der Waals surface area contributed by atoms with Crippen molar-refractivity contribution in [1.29, 1.82) is 0 Å². The van der Waals surface area contributed by atoms with Gasteiger partial charge in [0, 0.05) is 30.7 Å². The van der Waals surface area contributed by atoms with Crippen molar-refractivity contribution >= 4 is 5.65 Å². The number of nitrogens with zero attached hydrogens (tertiary/aromatic N) is 3. The fourth-order valence-corrected chi connectivity index (χ4v) is 3.58. The Bertz CT molecular complexity index is 625. The average Bonchev–Trinajstić information content (AvgIpc) is 2.88. The van der Waals surface area contributed by atoms with E-state index in [0.29, 0.717) is 25.3 Å². The molecule has 0 amide bonds. The van der Waals surface area contributed by atoms with Gasteiger partial charge in [0.15, 0.2) is 0 Å². The van der Waals surface area contributed by atoms with Crippen LogP contribution in [0.5, 0.6) is 0 Å². The average molecular weight is 273 g/mol. The fraction of sp³-hybridized carbons (Fsp3) is 0.533. The van der Waals surface area contributed by atoms with Gasteiger partial charge in [0.2, 0.25) is 0 Å². The van der Waals surface area contributed by atoms with Crippen molar-refractivity contribution in [2.45, 2.75) is 30.5 Å². The lowest BCUT2D eigenvalue weighted by atomic mass is 9.77. The lowest BCUT2D eigenvalue weighted by molar-refractivity contribution is -0.137. The maximum atomic E-state index is 11.1. The second-order valence-electron chi connectivity index (χ2n) is 6.06. The summed E-state index contributed by atoms with van der Waals surface area (Å²) in [6, 6.07) is 4.60. The van der Waals surface area contributed by atoms with E-state index in [1.54, 1.807) is 6.20 Å². The van der Waals surface area contributed by atoms with Crippen molar-refractivity contribution in [2.75, 3.05) is 20.3 Å². The molecule has 2 aromatic heterocycles. The van der Waals surface area contributed by atoms with Crippen LogP contribution >= 0.6 is 0 Å². The monoisotopic (exact) mass is 273 g/mol. The number of piperidine rings is 1. The maximum Gasteiger partial charge on any atom is 0.137 e. The van der Waals surface area contributed by atoms with Crippen LogP contribution in [0.2, 0.25) is 0 Å². The molecule has 1 N–H and O–H groups in total. The highest BCUT2D eigenvalue weighted by molar-refractivity contribution is 5.43. The Labute approximate surface area is 117 Å². The highest BCUT2D eigenvalue weighted by Gasteiger charge is 2.45. The van der Waals surface area contributed by atoms with E-state index in [1.807, 2.05) is 28.9 Å². The van der Waals surface area contributed by atoms with E-state index in [9.17, 15) is 5.11 Å². The van der Waals surface area contributed by atoms with Gasteiger partial charge in [-0.25, -0.2) is 4.98 Å². The van der Waals surface area contributed by atoms with E-state index in [1.165, 1.54) is 0 Å². The third-order valence-electron chi connectivity index (χ3n) is 4.85. The van der Waals surface area contributed by atoms with Gasteiger partial charge in [-0.3, -0.25) is 4.90 Å². The van der Waals surface area contributed by atoms with Gasteiger partial charge >= 0.3 is 0 Å². The molecular weight excluding hydrogens is 254 g/mol. The minimum atomic E-state index is -0.765. The van der Waals surface area contributed by atoms with Crippen molar-refractivity contribution in [2.24, 2.45) is 0 Å². The van der Waals surface area contributed by atoms with Crippen molar-refractivity contribution in [1.82, 2.24) is 14.3 Å². The summed E-state index contributed by atoms with van der Waals surface area (Å²) in [6.07, 6.45) is 7.11. The lowest BCUT2D eigenvalue weighted by Gasteiger charge is -2.50. The molecule has 0 aliphatic carbocycles. The maximum absolute atomic E-state index is 11.1. The SMILES string of the molecule is CN1C2COCC1CC(O)(c1ccn3ccnc3c1)C2. The highest BCUT2D eigenvalue weighted by Crippen LogP contribution is 2.40. The van der Waals surface area contributed by atoms with Crippen LogP contribution in [0.15, 0.2) is 30.7 Å². The smallest absolute Gasteiger partial charge is 0.137 e. The number of aliphatic hydroxyl groups is 1. The van der Waals surface area contributed by atoms with Gasteiger partial charge in [-0.1, -0.05) is 0 Å². The zero-order chi connectivity index (χ0) is 13.7. The molecule has 2 saturated heterocycles. The molecule has 2 aliphatic heterocycles. The molecule has 2 aromatic rings. The van der Waals surface area contributed by atoms with Crippen molar-refractivity contribution in [3.05, 3.63) is 36.3 Å². The molecule has 0 aromatic carbocycles. The van der Waals surface area contributed by atoms with Gasteiger partial charge in [-0.15, -0.1) is 0 Å². The van der Waals surface area contributed by atoms with Crippen LogP contribution in [-0.4, -0.2) is 51.7 Å². The van der Waals surface area contributed by atoms with Gasteiger partial charge in [0.25, 0.3) is 0 Å². The van der Waals surface area contributed by atoms with E-state index in [0.717, 1.165) is 24.1 Å². The third-order valence-corrected chi connectivity index (χ3v) is 4.85. The van der Waals surface area contributed by atoms with Crippen molar-refractivity contribution in [3.63, 3.8) is 0 Å². The number of morpholine rings is 1. The number of pyridine rings is 1. The molecule has 0 radical (unpaired) electrons. The molecule has 2 aliphatic rings. The largest absolute Gasteiger partial charge is 0.385 e. The number of imidazole rings is 1. The molecule has 20 heavy (non-hydrogen) atoms. The van der Waals surface area contributed by atoms with Crippen LogP contribution < -0.4 is 0 Å². The Morgan fingerprint density at radius 2 is 2.05 bits per heavy atom. The van der Waals surface area contributed by atoms with E-state index in [-0.39, 0.29) is 0 Å². The molecule has 2 bridgehead atoms. The Hall–Kier alpha value is -1.43. The third kappa shape index (κ3) is 1.78. The number of hydrogen-bond acceptors (Lipinski definition) is 4. The first-order chi connectivity index (χ1) is 9.66. The zero-order valence-corrected chi connectivity index (χ0v) is 11.6. The summed E-state index contributed by atoms with van der Waals surface area (Å²) in [6.45, 7) is 1.42. The second-order valence-corrected chi connectivity index (χ2v) is 6.06. The molecule has 4 heterocycles.